The molecule has 1 rings (SSSR count). The third-order valence-corrected chi connectivity index (χ3v) is 3.22. The van der Waals surface area contributed by atoms with Gasteiger partial charge in [-0.25, -0.2) is 0 Å². The van der Waals surface area contributed by atoms with E-state index >= 15 is 0 Å². The van der Waals surface area contributed by atoms with Crippen LogP contribution in [0.1, 0.15) is 19.4 Å². The molecular weight excluding hydrogens is 255 g/mol. The molecule has 0 heterocycles. The molecule has 0 aromatic heterocycles. The van der Waals surface area contributed by atoms with Crippen LogP contribution in [0.2, 0.25) is 10.0 Å². The summed E-state index contributed by atoms with van der Waals surface area (Å²) in [5.41, 5.74) is 6.62. The first-order chi connectivity index (χ1) is 8.04. The number of halogens is 2. The van der Waals surface area contributed by atoms with Crippen LogP contribution < -0.4 is 5.73 Å². The van der Waals surface area contributed by atoms with Gasteiger partial charge in [-0.15, -0.1) is 0 Å². The molecular formula is C13H20Cl2N2. The normalized spacial score (nSPS) is 11.5. The Morgan fingerprint density at radius 1 is 1.24 bits per heavy atom. The van der Waals surface area contributed by atoms with Crippen molar-refractivity contribution in [1.29, 1.82) is 0 Å². The molecule has 0 radical (unpaired) electrons. The Labute approximate surface area is 114 Å². The SMILES string of the molecule is CC(C)CN(CCN)Cc1c(Cl)cccc1Cl. The van der Waals surface area contributed by atoms with Gasteiger partial charge in [0, 0.05) is 41.8 Å². The van der Waals surface area contributed by atoms with Crippen LogP contribution in [0.4, 0.5) is 0 Å². The Bertz CT molecular complexity index is 333. The Morgan fingerprint density at radius 2 is 1.82 bits per heavy atom. The molecule has 96 valence electrons. The number of nitrogens with two attached hydrogens (primary N) is 1. The number of nitrogens with zero attached hydrogens (tertiary/aromatic N) is 1. The van der Waals surface area contributed by atoms with Crippen molar-refractivity contribution >= 4 is 23.2 Å². The predicted molar refractivity (Wildman–Crippen MR) is 75.6 cm³/mol. The van der Waals surface area contributed by atoms with E-state index in [0.29, 0.717) is 12.5 Å². The van der Waals surface area contributed by atoms with Gasteiger partial charge in [-0.3, -0.25) is 4.90 Å². The van der Waals surface area contributed by atoms with Crippen LogP contribution in [0.3, 0.4) is 0 Å². The Hall–Kier alpha value is -0.280. The quantitative estimate of drug-likeness (QED) is 0.862. The highest BCUT2D eigenvalue weighted by molar-refractivity contribution is 6.35. The fraction of sp³-hybridized carbons (Fsp3) is 0.538. The van der Waals surface area contributed by atoms with Crippen molar-refractivity contribution < 1.29 is 0 Å². The summed E-state index contributed by atoms with van der Waals surface area (Å²) in [6.45, 7) is 7.65. The fourth-order valence-electron chi connectivity index (χ4n) is 1.84. The molecule has 2 nitrogen and oxygen atoms in total. The van der Waals surface area contributed by atoms with Crippen LogP contribution in [0, 0.1) is 5.92 Å². The van der Waals surface area contributed by atoms with Crippen molar-refractivity contribution in [2.45, 2.75) is 20.4 Å². The second-order valence-electron chi connectivity index (χ2n) is 4.62. The van der Waals surface area contributed by atoms with Crippen LogP contribution in [0.5, 0.6) is 0 Å². The summed E-state index contributed by atoms with van der Waals surface area (Å²) in [6.07, 6.45) is 0. The van der Waals surface area contributed by atoms with E-state index < -0.39 is 0 Å². The van der Waals surface area contributed by atoms with Crippen LogP contribution in [-0.2, 0) is 6.54 Å². The van der Waals surface area contributed by atoms with Crippen molar-refractivity contribution in [2.75, 3.05) is 19.6 Å². The van der Waals surface area contributed by atoms with Gasteiger partial charge in [0.15, 0.2) is 0 Å². The number of hydrogen-bond donors (Lipinski definition) is 1. The predicted octanol–water partition coefficient (Wildman–Crippen LogP) is 3.41. The number of rotatable bonds is 6. The minimum Gasteiger partial charge on any atom is -0.329 e. The third kappa shape index (κ3) is 4.84. The van der Waals surface area contributed by atoms with Crippen LogP contribution in [-0.4, -0.2) is 24.5 Å². The molecule has 17 heavy (non-hydrogen) atoms. The topological polar surface area (TPSA) is 29.3 Å². The molecule has 0 atom stereocenters. The maximum absolute atomic E-state index is 6.17. The molecule has 0 fully saturated rings. The zero-order valence-corrected chi connectivity index (χ0v) is 11.9. The molecule has 1 aromatic rings. The zero-order chi connectivity index (χ0) is 12.8. The molecule has 2 N–H and O–H groups in total. The zero-order valence-electron chi connectivity index (χ0n) is 10.4. The monoisotopic (exact) mass is 274 g/mol. The molecule has 4 heteroatoms. The van der Waals surface area contributed by atoms with Gasteiger partial charge < -0.3 is 5.73 Å². The largest absolute Gasteiger partial charge is 0.329 e. The first-order valence-electron chi connectivity index (χ1n) is 5.90. The van der Waals surface area contributed by atoms with E-state index in [1.807, 2.05) is 18.2 Å². The molecule has 0 aliphatic carbocycles. The average molecular weight is 275 g/mol. The van der Waals surface area contributed by atoms with E-state index in [9.17, 15) is 0 Å². The lowest BCUT2D eigenvalue weighted by Gasteiger charge is -2.24. The van der Waals surface area contributed by atoms with Gasteiger partial charge in [0.25, 0.3) is 0 Å². The number of benzene rings is 1. The lowest BCUT2D eigenvalue weighted by Crippen LogP contribution is -2.32. The Morgan fingerprint density at radius 3 is 2.29 bits per heavy atom. The summed E-state index contributed by atoms with van der Waals surface area (Å²) < 4.78 is 0. The summed E-state index contributed by atoms with van der Waals surface area (Å²) in [5.74, 6) is 0.600. The average Bonchev–Trinajstić information content (AvgIpc) is 2.23. The lowest BCUT2D eigenvalue weighted by atomic mass is 10.1. The Balaban J connectivity index is 2.78. The minimum absolute atomic E-state index is 0.600. The summed E-state index contributed by atoms with van der Waals surface area (Å²) in [5, 5.41) is 1.45. The maximum Gasteiger partial charge on any atom is 0.0465 e. The molecule has 0 saturated heterocycles. The molecule has 0 unspecified atom stereocenters. The highest BCUT2D eigenvalue weighted by atomic mass is 35.5. The summed E-state index contributed by atoms with van der Waals surface area (Å²) in [7, 11) is 0. The van der Waals surface area contributed by atoms with E-state index in [1.54, 1.807) is 0 Å². The summed E-state index contributed by atoms with van der Waals surface area (Å²) in [4.78, 5) is 2.29. The van der Waals surface area contributed by atoms with Gasteiger partial charge in [-0.05, 0) is 18.1 Å². The van der Waals surface area contributed by atoms with E-state index in [0.717, 1.165) is 35.2 Å². The van der Waals surface area contributed by atoms with Gasteiger partial charge in [-0.1, -0.05) is 43.1 Å². The van der Waals surface area contributed by atoms with Crippen molar-refractivity contribution in [1.82, 2.24) is 4.90 Å². The van der Waals surface area contributed by atoms with Crippen molar-refractivity contribution in [3.63, 3.8) is 0 Å². The molecule has 0 saturated carbocycles. The maximum atomic E-state index is 6.17. The van der Waals surface area contributed by atoms with Gasteiger partial charge in [0.05, 0.1) is 0 Å². The van der Waals surface area contributed by atoms with E-state index in [1.165, 1.54) is 0 Å². The van der Waals surface area contributed by atoms with Crippen LogP contribution in [0.15, 0.2) is 18.2 Å². The first-order valence-corrected chi connectivity index (χ1v) is 6.65. The second-order valence-corrected chi connectivity index (χ2v) is 5.43. The van der Waals surface area contributed by atoms with E-state index in [2.05, 4.69) is 18.7 Å². The highest BCUT2D eigenvalue weighted by Gasteiger charge is 2.12. The Kier molecular flexibility index (Phi) is 6.28. The number of hydrogen-bond acceptors (Lipinski definition) is 2. The third-order valence-electron chi connectivity index (χ3n) is 2.51. The lowest BCUT2D eigenvalue weighted by molar-refractivity contribution is 0.242. The van der Waals surface area contributed by atoms with Gasteiger partial charge in [-0.2, -0.15) is 0 Å². The van der Waals surface area contributed by atoms with E-state index in [-0.39, 0.29) is 0 Å². The smallest absolute Gasteiger partial charge is 0.0465 e. The molecule has 0 aliphatic rings. The molecule has 1 aromatic carbocycles. The summed E-state index contributed by atoms with van der Waals surface area (Å²) in [6, 6.07) is 5.61. The van der Waals surface area contributed by atoms with Gasteiger partial charge in [0.1, 0.15) is 0 Å². The van der Waals surface area contributed by atoms with Crippen LogP contribution >= 0.6 is 23.2 Å². The standard InChI is InChI=1S/C13H20Cl2N2/c1-10(2)8-17(7-6-16)9-11-12(14)4-3-5-13(11)15/h3-5,10H,6-9,16H2,1-2H3. The van der Waals surface area contributed by atoms with Crippen molar-refractivity contribution in [2.24, 2.45) is 11.7 Å². The minimum atomic E-state index is 0.600. The van der Waals surface area contributed by atoms with Gasteiger partial charge >= 0.3 is 0 Å². The fourth-order valence-corrected chi connectivity index (χ4v) is 2.36. The summed E-state index contributed by atoms with van der Waals surface area (Å²) >= 11 is 12.3. The molecule has 0 bridgehead atoms. The van der Waals surface area contributed by atoms with Crippen LogP contribution in [0.25, 0.3) is 0 Å². The highest BCUT2D eigenvalue weighted by Crippen LogP contribution is 2.25. The molecule has 0 spiro atoms. The van der Waals surface area contributed by atoms with Crippen molar-refractivity contribution in [3.8, 4) is 0 Å². The molecule has 0 aliphatic heterocycles. The van der Waals surface area contributed by atoms with Gasteiger partial charge in [0.2, 0.25) is 0 Å². The van der Waals surface area contributed by atoms with E-state index in [4.69, 9.17) is 28.9 Å². The first kappa shape index (κ1) is 14.8. The molecule has 0 amide bonds. The second kappa shape index (κ2) is 7.22. The van der Waals surface area contributed by atoms with Crippen molar-refractivity contribution in [3.05, 3.63) is 33.8 Å².